The van der Waals surface area contributed by atoms with E-state index in [1.807, 2.05) is 0 Å². The van der Waals surface area contributed by atoms with Crippen molar-refractivity contribution in [3.05, 3.63) is 17.4 Å². The van der Waals surface area contributed by atoms with Crippen molar-refractivity contribution in [3.63, 3.8) is 0 Å². The highest BCUT2D eigenvalue weighted by Crippen LogP contribution is 2.45. The molecule has 0 bridgehead atoms. The van der Waals surface area contributed by atoms with E-state index in [9.17, 15) is 19.4 Å². The molecule has 0 saturated heterocycles. The van der Waals surface area contributed by atoms with Gasteiger partial charge in [-0.2, -0.15) is 0 Å². The van der Waals surface area contributed by atoms with Gasteiger partial charge in [0.25, 0.3) is 0 Å². The van der Waals surface area contributed by atoms with Crippen LogP contribution < -0.4 is 9.47 Å². The molecule has 6 nitrogen and oxygen atoms in total. The summed E-state index contributed by atoms with van der Waals surface area (Å²) in [6.45, 7) is -0.225. The molecule has 1 aliphatic heterocycles. The molecule has 7 heteroatoms. The third-order valence-corrected chi connectivity index (χ3v) is 2.13. The Morgan fingerprint density at radius 1 is 1.50 bits per heavy atom. The summed E-state index contributed by atoms with van der Waals surface area (Å²) < 4.78 is 22.9. The number of hydrogen-bond donors (Lipinski definition) is 3. The first-order chi connectivity index (χ1) is 7.52. The summed E-state index contributed by atoms with van der Waals surface area (Å²) >= 11 is 0. The normalized spacial score (nSPS) is 14.9. The second-order valence-corrected chi connectivity index (χ2v) is 3.10. The first kappa shape index (κ1) is 10.5. The lowest BCUT2D eigenvalue weighted by atomic mass is 10.1. The zero-order chi connectivity index (χ0) is 11.9. The molecule has 0 radical (unpaired) electrons. The zero-order valence-corrected chi connectivity index (χ0v) is 7.81. The number of halogens is 1. The maximum absolute atomic E-state index is 13.2. The van der Waals surface area contributed by atoms with Gasteiger partial charge in [-0.25, -0.2) is 9.18 Å². The third kappa shape index (κ3) is 1.41. The molecule has 0 amide bonds. The van der Waals surface area contributed by atoms with Gasteiger partial charge in [0.05, 0.1) is 5.56 Å². The molecule has 1 atom stereocenters. The molecule has 3 N–H and O–H groups in total. The van der Waals surface area contributed by atoms with Gasteiger partial charge in [-0.05, 0) is 0 Å². The minimum atomic E-state index is -2.08. The Labute approximate surface area is 88.5 Å². The van der Waals surface area contributed by atoms with Crippen LogP contribution in [0.5, 0.6) is 17.2 Å². The summed E-state index contributed by atoms with van der Waals surface area (Å²) in [5.74, 6) is -3.88. The van der Waals surface area contributed by atoms with E-state index in [-0.39, 0.29) is 18.3 Å². The number of fused-ring (bicyclic) bond motifs is 1. The van der Waals surface area contributed by atoms with E-state index < -0.39 is 29.2 Å². The Hall–Kier alpha value is -2.02. The average Bonchev–Trinajstić information content (AvgIpc) is 2.66. The van der Waals surface area contributed by atoms with Crippen LogP contribution >= 0.6 is 0 Å². The molecule has 2 rings (SSSR count). The molecule has 1 unspecified atom stereocenters. The van der Waals surface area contributed by atoms with Crippen molar-refractivity contribution >= 4 is 5.97 Å². The molecule has 1 heterocycles. The molecule has 1 aliphatic rings. The SMILES string of the molecule is O=C(O)C(O)c1c(O)c(F)cc2c1OCO2. The average molecular weight is 230 g/mol. The number of ether oxygens (including phenoxy) is 2. The Balaban J connectivity index is 2.63. The van der Waals surface area contributed by atoms with Crippen molar-refractivity contribution in [2.45, 2.75) is 6.10 Å². The van der Waals surface area contributed by atoms with Gasteiger partial charge in [0, 0.05) is 6.07 Å². The molecular weight excluding hydrogens is 223 g/mol. The van der Waals surface area contributed by atoms with E-state index in [0.717, 1.165) is 6.07 Å². The number of benzene rings is 1. The highest BCUT2D eigenvalue weighted by molar-refractivity contribution is 5.77. The fourth-order valence-corrected chi connectivity index (χ4v) is 1.40. The number of aliphatic hydroxyl groups excluding tert-OH is 1. The molecule has 0 aliphatic carbocycles. The fraction of sp³-hybridized carbons (Fsp3) is 0.222. The number of carboxylic acid groups (broad SMARTS) is 1. The van der Waals surface area contributed by atoms with Crippen molar-refractivity contribution in [1.29, 1.82) is 0 Å². The van der Waals surface area contributed by atoms with Crippen LogP contribution in [-0.4, -0.2) is 28.1 Å². The van der Waals surface area contributed by atoms with Crippen molar-refractivity contribution in [3.8, 4) is 17.2 Å². The highest BCUT2D eigenvalue weighted by Gasteiger charge is 2.32. The van der Waals surface area contributed by atoms with E-state index in [1.54, 1.807) is 0 Å². The van der Waals surface area contributed by atoms with Gasteiger partial charge in [0.2, 0.25) is 6.79 Å². The first-order valence-corrected chi connectivity index (χ1v) is 4.24. The first-order valence-electron chi connectivity index (χ1n) is 4.24. The molecular formula is C9H7FO6. The number of carbonyl (C=O) groups is 1. The summed E-state index contributed by atoms with van der Waals surface area (Å²) in [6, 6.07) is 0.857. The number of aliphatic carboxylic acids is 1. The lowest BCUT2D eigenvalue weighted by molar-refractivity contribution is -0.147. The number of aromatic hydroxyl groups is 1. The van der Waals surface area contributed by atoms with Gasteiger partial charge >= 0.3 is 5.97 Å². The van der Waals surface area contributed by atoms with E-state index >= 15 is 0 Å². The van der Waals surface area contributed by atoms with Crippen molar-refractivity contribution in [1.82, 2.24) is 0 Å². The van der Waals surface area contributed by atoms with E-state index in [0.29, 0.717) is 0 Å². The fourth-order valence-electron chi connectivity index (χ4n) is 1.40. The second kappa shape index (κ2) is 3.53. The Bertz CT molecular complexity index is 458. The minimum absolute atomic E-state index is 0.0504. The van der Waals surface area contributed by atoms with Gasteiger partial charge in [-0.1, -0.05) is 0 Å². The van der Waals surface area contributed by atoms with Crippen molar-refractivity contribution in [2.24, 2.45) is 0 Å². The van der Waals surface area contributed by atoms with Gasteiger partial charge < -0.3 is 24.8 Å². The van der Waals surface area contributed by atoms with Crippen LogP contribution in [0.3, 0.4) is 0 Å². The predicted molar refractivity (Wildman–Crippen MR) is 46.8 cm³/mol. The van der Waals surface area contributed by atoms with Crippen LogP contribution in [0.25, 0.3) is 0 Å². The quantitative estimate of drug-likeness (QED) is 0.679. The van der Waals surface area contributed by atoms with Gasteiger partial charge in [-0.3, -0.25) is 0 Å². The van der Waals surface area contributed by atoms with Crippen LogP contribution in [0.15, 0.2) is 6.07 Å². The van der Waals surface area contributed by atoms with Crippen molar-refractivity contribution in [2.75, 3.05) is 6.79 Å². The van der Waals surface area contributed by atoms with Crippen molar-refractivity contribution < 1.29 is 34.0 Å². The number of phenols is 1. The summed E-state index contributed by atoms with van der Waals surface area (Å²) in [7, 11) is 0. The van der Waals surface area contributed by atoms with Gasteiger partial charge in [0.15, 0.2) is 29.2 Å². The summed E-state index contributed by atoms with van der Waals surface area (Å²) in [5, 5.41) is 27.3. The second-order valence-electron chi connectivity index (χ2n) is 3.10. The lowest BCUT2D eigenvalue weighted by Gasteiger charge is -2.11. The van der Waals surface area contributed by atoms with E-state index in [2.05, 4.69) is 0 Å². The van der Waals surface area contributed by atoms with Gasteiger partial charge in [0.1, 0.15) is 0 Å². The molecule has 0 saturated carbocycles. The number of hydrogen-bond acceptors (Lipinski definition) is 5. The van der Waals surface area contributed by atoms with Crippen LogP contribution in [0.1, 0.15) is 11.7 Å². The smallest absolute Gasteiger partial charge is 0.337 e. The van der Waals surface area contributed by atoms with Crippen LogP contribution in [0.2, 0.25) is 0 Å². The monoisotopic (exact) mass is 230 g/mol. The van der Waals surface area contributed by atoms with Crippen LogP contribution in [-0.2, 0) is 4.79 Å². The third-order valence-electron chi connectivity index (χ3n) is 2.13. The molecule has 0 fully saturated rings. The summed E-state index contributed by atoms with van der Waals surface area (Å²) in [5.41, 5.74) is -0.542. The number of carboxylic acids is 1. The minimum Gasteiger partial charge on any atom is -0.504 e. The highest BCUT2D eigenvalue weighted by atomic mass is 19.1. The standard InChI is InChI=1S/C9H7FO6/c10-3-1-4-8(16-2-15-4)5(6(3)11)7(12)9(13)14/h1,7,11-12H,2H2,(H,13,14). The Morgan fingerprint density at radius 2 is 2.19 bits per heavy atom. The number of rotatable bonds is 2. The van der Waals surface area contributed by atoms with Gasteiger partial charge in [-0.15, -0.1) is 0 Å². The molecule has 0 aromatic heterocycles. The summed E-state index contributed by atoms with van der Waals surface area (Å²) in [6.07, 6.45) is -2.08. The van der Waals surface area contributed by atoms with E-state index in [4.69, 9.17) is 14.6 Å². The largest absolute Gasteiger partial charge is 0.504 e. The Morgan fingerprint density at radius 3 is 2.81 bits per heavy atom. The lowest BCUT2D eigenvalue weighted by Crippen LogP contribution is -2.12. The molecule has 86 valence electrons. The van der Waals surface area contributed by atoms with Crippen LogP contribution in [0.4, 0.5) is 4.39 Å². The number of phenolic OH excluding ortho intramolecular Hbond substituents is 1. The molecule has 1 aromatic carbocycles. The predicted octanol–water partition coefficient (Wildman–Crippen LogP) is 0.378. The summed E-state index contributed by atoms with van der Waals surface area (Å²) in [4.78, 5) is 10.6. The van der Waals surface area contributed by atoms with E-state index in [1.165, 1.54) is 0 Å². The Kier molecular flexibility index (Phi) is 2.31. The molecule has 16 heavy (non-hydrogen) atoms. The maximum Gasteiger partial charge on any atom is 0.337 e. The number of aliphatic hydroxyl groups is 1. The maximum atomic E-state index is 13.2. The molecule has 0 spiro atoms. The topological polar surface area (TPSA) is 96.2 Å². The zero-order valence-electron chi connectivity index (χ0n) is 7.81. The molecule has 1 aromatic rings. The van der Waals surface area contributed by atoms with Crippen LogP contribution in [0, 0.1) is 5.82 Å².